The Labute approximate surface area is 99.8 Å². The van der Waals surface area contributed by atoms with E-state index in [1.807, 2.05) is 0 Å². The maximum absolute atomic E-state index is 11.8. The maximum Gasteiger partial charge on any atom is 0.397 e. The van der Waals surface area contributed by atoms with Crippen LogP contribution in [0.3, 0.4) is 0 Å². The largest absolute Gasteiger partial charge is 0.481 e. The Balaban J connectivity index is 4.29. The van der Waals surface area contributed by atoms with Crippen molar-refractivity contribution in [3.05, 3.63) is 0 Å². The minimum Gasteiger partial charge on any atom is -0.481 e. The highest BCUT2D eigenvalue weighted by Crippen LogP contribution is 2.19. The Morgan fingerprint density at radius 2 is 1.72 bits per heavy atom. The second-order valence-electron chi connectivity index (χ2n) is 3.45. The van der Waals surface area contributed by atoms with Gasteiger partial charge < -0.3 is 15.5 Å². The van der Waals surface area contributed by atoms with Gasteiger partial charge in [0.25, 0.3) is 0 Å². The predicted molar refractivity (Wildman–Crippen MR) is 51.6 cm³/mol. The van der Waals surface area contributed by atoms with Crippen LogP contribution in [0.2, 0.25) is 0 Å². The molecule has 0 aliphatic carbocycles. The number of ketones is 1. The molecule has 0 heterocycles. The Morgan fingerprint density at radius 1 is 1.17 bits per heavy atom. The summed E-state index contributed by atoms with van der Waals surface area (Å²) in [7, 11) is 0. The molecule has 0 spiro atoms. The second-order valence-corrected chi connectivity index (χ2v) is 3.45. The Kier molecular flexibility index (Phi) is 6.31. The van der Waals surface area contributed by atoms with Crippen molar-refractivity contribution in [1.29, 1.82) is 0 Å². The molecule has 1 atom stereocenters. The number of rotatable bonds is 7. The van der Waals surface area contributed by atoms with E-state index in [0.29, 0.717) is 0 Å². The van der Waals surface area contributed by atoms with Crippen LogP contribution in [0.1, 0.15) is 19.3 Å². The average molecular weight is 271 g/mol. The zero-order valence-electron chi connectivity index (χ0n) is 9.16. The molecular weight excluding hydrogens is 259 g/mol. The van der Waals surface area contributed by atoms with Crippen LogP contribution in [0.5, 0.6) is 0 Å². The van der Waals surface area contributed by atoms with Gasteiger partial charge in [0, 0.05) is 6.42 Å². The number of aliphatic hydroxyl groups is 1. The number of aliphatic carboxylic acids is 1. The molecule has 1 unspecified atom stereocenters. The van der Waals surface area contributed by atoms with Gasteiger partial charge in [-0.25, -0.2) is 0 Å². The number of Topliss-reactive ketones (excluding diaryl/α,β-unsaturated/α-hetero) is 1. The van der Waals surface area contributed by atoms with E-state index in [1.165, 1.54) is 0 Å². The molecule has 9 heteroatoms. The first-order chi connectivity index (χ1) is 8.15. The first-order valence-electron chi connectivity index (χ1n) is 4.87. The van der Waals surface area contributed by atoms with Gasteiger partial charge >= 0.3 is 12.1 Å². The van der Waals surface area contributed by atoms with E-state index < -0.39 is 55.7 Å². The number of amides is 1. The van der Waals surface area contributed by atoms with Gasteiger partial charge in [0.2, 0.25) is 5.91 Å². The summed E-state index contributed by atoms with van der Waals surface area (Å²) in [5.74, 6) is -3.55. The summed E-state index contributed by atoms with van der Waals surface area (Å²) < 4.78 is 35.5. The lowest BCUT2D eigenvalue weighted by Gasteiger charge is -2.15. The summed E-state index contributed by atoms with van der Waals surface area (Å²) >= 11 is 0. The molecule has 0 saturated heterocycles. The zero-order chi connectivity index (χ0) is 14.3. The fourth-order valence-electron chi connectivity index (χ4n) is 1.06. The average Bonchev–Trinajstić information content (AvgIpc) is 2.19. The molecule has 1 amide bonds. The molecule has 0 saturated carbocycles. The number of aliphatic hydroxyl groups excluding tert-OH is 1. The molecule has 18 heavy (non-hydrogen) atoms. The highest BCUT2D eigenvalue weighted by molar-refractivity contribution is 5.90. The highest BCUT2D eigenvalue weighted by atomic mass is 19.4. The van der Waals surface area contributed by atoms with Gasteiger partial charge in [-0.3, -0.25) is 14.4 Å². The Morgan fingerprint density at radius 3 is 2.11 bits per heavy atom. The molecule has 0 aromatic carbocycles. The smallest absolute Gasteiger partial charge is 0.397 e. The first kappa shape index (κ1) is 16.4. The minimum atomic E-state index is -4.71. The lowest BCUT2D eigenvalue weighted by atomic mass is 10.1. The van der Waals surface area contributed by atoms with E-state index in [2.05, 4.69) is 0 Å². The molecule has 0 rings (SSSR count). The third-order valence-corrected chi connectivity index (χ3v) is 1.85. The van der Waals surface area contributed by atoms with E-state index in [-0.39, 0.29) is 0 Å². The van der Waals surface area contributed by atoms with Crippen LogP contribution in [0.4, 0.5) is 13.2 Å². The number of alkyl halides is 3. The molecule has 6 nitrogen and oxygen atoms in total. The number of nitrogens with one attached hydrogen (secondary N) is 1. The summed E-state index contributed by atoms with van der Waals surface area (Å²) in [6.45, 7) is -0.887. The zero-order valence-corrected chi connectivity index (χ0v) is 9.16. The van der Waals surface area contributed by atoms with Crippen molar-refractivity contribution in [2.24, 2.45) is 0 Å². The maximum atomic E-state index is 11.8. The van der Waals surface area contributed by atoms with E-state index in [4.69, 9.17) is 10.2 Å². The van der Waals surface area contributed by atoms with E-state index in [0.717, 1.165) is 0 Å². The number of carboxylic acid groups (broad SMARTS) is 1. The third-order valence-electron chi connectivity index (χ3n) is 1.85. The molecular formula is C9H12F3NO5. The SMILES string of the molecule is O=C(O)CCC(=O)C(CO)NC(=O)CC(F)(F)F. The Bertz CT molecular complexity index is 329. The molecule has 0 aliphatic heterocycles. The lowest BCUT2D eigenvalue weighted by Crippen LogP contribution is -2.44. The van der Waals surface area contributed by atoms with Gasteiger partial charge in [0.05, 0.1) is 13.0 Å². The van der Waals surface area contributed by atoms with Crippen molar-refractivity contribution in [2.45, 2.75) is 31.5 Å². The van der Waals surface area contributed by atoms with Gasteiger partial charge in [0.1, 0.15) is 12.5 Å². The fourth-order valence-corrected chi connectivity index (χ4v) is 1.06. The topological polar surface area (TPSA) is 104 Å². The van der Waals surface area contributed by atoms with Crippen LogP contribution in [-0.2, 0) is 14.4 Å². The van der Waals surface area contributed by atoms with E-state index in [1.54, 1.807) is 5.32 Å². The van der Waals surface area contributed by atoms with Crippen LogP contribution in [0.25, 0.3) is 0 Å². The van der Waals surface area contributed by atoms with E-state index >= 15 is 0 Å². The van der Waals surface area contributed by atoms with Gasteiger partial charge in [-0.1, -0.05) is 0 Å². The molecule has 0 aromatic rings. The molecule has 0 bridgehead atoms. The number of halogens is 3. The molecule has 0 radical (unpaired) electrons. The molecule has 0 aliphatic rings. The van der Waals surface area contributed by atoms with Crippen molar-refractivity contribution in [1.82, 2.24) is 5.32 Å². The third kappa shape index (κ3) is 7.60. The quantitative estimate of drug-likeness (QED) is 0.597. The lowest BCUT2D eigenvalue weighted by molar-refractivity contribution is -0.155. The number of carboxylic acids is 1. The summed E-state index contributed by atoms with van der Waals surface area (Å²) in [5.41, 5.74) is 0. The fraction of sp³-hybridized carbons (Fsp3) is 0.667. The number of carbonyl (C=O) groups is 3. The van der Waals surface area contributed by atoms with Crippen molar-refractivity contribution in [2.75, 3.05) is 6.61 Å². The van der Waals surface area contributed by atoms with Gasteiger partial charge in [-0.2, -0.15) is 13.2 Å². The van der Waals surface area contributed by atoms with Gasteiger partial charge in [0.15, 0.2) is 5.78 Å². The van der Waals surface area contributed by atoms with Crippen LogP contribution in [-0.4, -0.2) is 46.7 Å². The van der Waals surface area contributed by atoms with Crippen molar-refractivity contribution < 1.29 is 37.8 Å². The van der Waals surface area contributed by atoms with Crippen molar-refractivity contribution in [3.8, 4) is 0 Å². The molecule has 104 valence electrons. The number of hydrogen-bond acceptors (Lipinski definition) is 4. The normalized spacial score (nSPS) is 12.9. The molecule has 0 aromatic heterocycles. The number of carbonyl (C=O) groups excluding carboxylic acids is 2. The van der Waals surface area contributed by atoms with Crippen molar-refractivity contribution in [3.63, 3.8) is 0 Å². The second kappa shape index (κ2) is 6.94. The molecule has 3 N–H and O–H groups in total. The van der Waals surface area contributed by atoms with Crippen LogP contribution in [0, 0.1) is 0 Å². The van der Waals surface area contributed by atoms with Crippen LogP contribution < -0.4 is 5.32 Å². The van der Waals surface area contributed by atoms with Gasteiger partial charge in [-0.05, 0) is 0 Å². The summed E-state index contributed by atoms with van der Waals surface area (Å²) in [6, 6.07) is -1.51. The van der Waals surface area contributed by atoms with Crippen LogP contribution in [0.15, 0.2) is 0 Å². The predicted octanol–water partition coefficient (Wildman–Crippen LogP) is -0.150. The molecule has 0 fully saturated rings. The number of hydrogen-bond donors (Lipinski definition) is 3. The standard InChI is InChI=1S/C9H12F3NO5/c10-9(11,12)3-7(16)13-5(4-14)6(15)1-2-8(17)18/h5,14H,1-4H2,(H,13,16)(H,17,18). The summed E-state index contributed by atoms with van der Waals surface area (Å²) in [6.07, 6.45) is -7.48. The van der Waals surface area contributed by atoms with Crippen LogP contribution >= 0.6 is 0 Å². The first-order valence-corrected chi connectivity index (χ1v) is 4.87. The summed E-state index contributed by atoms with van der Waals surface area (Å²) in [5, 5.41) is 18.7. The van der Waals surface area contributed by atoms with Gasteiger partial charge in [-0.15, -0.1) is 0 Å². The summed E-state index contributed by atoms with van der Waals surface area (Å²) in [4.78, 5) is 32.3. The highest BCUT2D eigenvalue weighted by Gasteiger charge is 2.32. The van der Waals surface area contributed by atoms with E-state index in [9.17, 15) is 27.6 Å². The van der Waals surface area contributed by atoms with Crippen molar-refractivity contribution >= 4 is 17.7 Å². The Hall–Kier alpha value is -1.64. The monoisotopic (exact) mass is 271 g/mol. The minimum absolute atomic E-state index is 0.479.